The van der Waals surface area contributed by atoms with Crippen LogP contribution in [0.5, 0.6) is 0 Å². The standard InChI is InChI=1S/C24H52P/c1-21(2)13-9-17-25(18-10-14-22(3)4,19-11-15-23(5)6)20-12-16-24(7)8/h21-24H,9-20H2,1-8H3/q+1. The number of hydrogen-bond acceptors (Lipinski definition) is 0. The molecule has 0 aliphatic carbocycles. The maximum Gasteiger partial charge on any atom is 0.0594 e. The quantitative estimate of drug-likeness (QED) is 0.238. The van der Waals surface area contributed by atoms with E-state index in [4.69, 9.17) is 0 Å². The first-order chi connectivity index (χ1) is 11.7. The SMILES string of the molecule is CC(C)CCC[P+](CCCC(C)C)(CCCC(C)C)CCCC(C)C. The van der Waals surface area contributed by atoms with Crippen LogP contribution in [0.25, 0.3) is 0 Å². The molecule has 0 aromatic rings. The maximum absolute atomic E-state index is 2.40. The first-order valence-electron chi connectivity index (χ1n) is 11.5. The van der Waals surface area contributed by atoms with Crippen molar-refractivity contribution in [1.29, 1.82) is 0 Å². The Bertz CT molecular complexity index is 229. The van der Waals surface area contributed by atoms with Crippen LogP contribution in [0.2, 0.25) is 0 Å². The van der Waals surface area contributed by atoms with Gasteiger partial charge in [-0.1, -0.05) is 55.4 Å². The molecule has 0 heterocycles. The molecular formula is C24H52P+. The van der Waals surface area contributed by atoms with Crippen molar-refractivity contribution in [1.82, 2.24) is 0 Å². The van der Waals surface area contributed by atoms with Gasteiger partial charge in [0.25, 0.3) is 0 Å². The minimum Gasteiger partial charge on any atom is -0.0628 e. The fraction of sp³-hybridized carbons (Fsp3) is 1.00. The van der Waals surface area contributed by atoms with Crippen LogP contribution in [0.1, 0.15) is 107 Å². The van der Waals surface area contributed by atoms with E-state index in [1.54, 1.807) is 24.6 Å². The van der Waals surface area contributed by atoms with Gasteiger partial charge in [0.1, 0.15) is 0 Å². The van der Waals surface area contributed by atoms with Gasteiger partial charge in [-0.25, -0.2) is 0 Å². The molecule has 0 aromatic carbocycles. The zero-order chi connectivity index (χ0) is 19.3. The summed E-state index contributed by atoms with van der Waals surface area (Å²) in [6.45, 7) is 19.2. The Morgan fingerprint density at radius 1 is 0.400 bits per heavy atom. The molecule has 0 fully saturated rings. The van der Waals surface area contributed by atoms with E-state index in [0.29, 0.717) is 0 Å². The molecule has 0 bridgehead atoms. The van der Waals surface area contributed by atoms with Gasteiger partial charge in [-0.05, 0) is 75.0 Å². The third-order valence-electron chi connectivity index (χ3n) is 5.66. The highest BCUT2D eigenvalue weighted by molar-refractivity contribution is 7.75. The molecule has 0 atom stereocenters. The van der Waals surface area contributed by atoms with Gasteiger partial charge in [-0.3, -0.25) is 0 Å². The smallest absolute Gasteiger partial charge is 0.0594 e. The normalized spacial score (nSPS) is 13.0. The van der Waals surface area contributed by atoms with Crippen molar-refractivity contribution < 1.29 is 0 Å². The van der Waals surface area contributed by atoms with Gasteiger partial charge in [0.15, 0.2) is 0 Å². The summed E-state index contributed by atoms with van der Waals surface area (Å²) in [5, 5.41) is 0. The summed E-state index contributed by atoms with van der Waals surface area (Å²) < 4.78 is 0. The van der Waals surface area contributed by atoms with E-state index in [-0.39, 0.29) is 0 Å². The van der Waals surface area contributed by atoms with Gasteiger partial charge in [-0.2, -0.15) is 0 Å². The lowest BCUT2D eigenvalue weighted by Crippen LogP contribution is -2.15. The third kappa shape index (κ3) is 15.2. The van der Waals surface area contributed by atoms with E-state index in [9.17, 15) is 0 Å². The largest absolute Gasteiger partial charge is 0.0628 e. The lowest BCUT2D eigenvalue weighted by Gasteiger charge is -2.29. The highest BCUT2D eigenvalue weighted by Gasteiger charge is 2.35. The second-order valence-electron chi connectivity index (χ2n) is 10.4. The third-order valence-corrected chi connectivity index (χ3v) is 10.7. The van der Waals surface area contributed by atoms with E-state index in [1.165, 1.54) is 51.4 Å². The molecular weight excluding hydrogens is 319 g/mol. The van der Waals surface area contributed by atoms with Gasteiger partial charge in [0.05, 0.1) is 24.6 Å². The topological polar surface area (TPSA) is 0 Å². The average molecular weight is 372 g/mol. The summed E-state index contributed by atoms with van der Waals surface area (Å²) in [5.41, 5.74) is 0. The Balaban J connectivity index is 4.85. The highest BCUT2D eigenvalue weighted by atomic mass is 31.2. The molecule has 0 rings (SSSR count). The molecule has 25 heavy (non-hydrogen) atoms. The summed E-state index contributed by atoms with van der Waals surface area (Å²) >= 11 is 0. The zero-order valence-electron chi connectivity index (χ0n) is 19.2. The van der Waals surface area contributed by atoms with Crippen molar-refractivity contribution in [3.05, 3.63) is 0 Å². The molecule has 0 aliphatic rings. The molecule has 0 radical (unpaired) electrons. The predicted molar refractivity (Wildman–Crippen MR) is 123 cm³/mol. The van der Waals surface area contributed by atoms with Crippen molar-refractivity contribution in [3.8, 4) is 0 Å². The minimum absolute atomic E-state index is 0.721. The Morgan fingerprint density at radius 3 is 0.760 bits per heavy atom. The van der Waals surface area contributed by atoms with E-state index in [2.05, 4.69) is 55.4 Å². The molecule has 0 nitrogen and oxygen atoms in total. The van der Waals surface area contributed by atoms with Crippen molar-refractivity contribution in [2.45, 2.75) is 107 Å². The maximum atomic E-state index is 2.40. The predicted octanol–water partition coefficient (Wildman–Crippen LogP) is 8.75. The first-order valence-corrected chi connectivity index (χ1v) is 14.0. The van der Waals surface area contributed by atoms with Crippen LogP contribution in [0.3, 0.4) is 0 Å². The van der Waals surface area contributed by atoms with Crippen molar-refractivity contribution in [3.63, 3.8) is 0 Å². The Hall–Kier alpha value is 0.430. The minimum atomic E-state index is -0.721. The fourth-order valence-electron chi connectivity index (χ4n) is 4.01. The number of rotatable bonds is 16. The van der Waals surface area contributed by atoms with E-state index in [1.807, 2.05) is 0 Å². The summed E-state index contributed by atoms with van der Waals surface area (Å²) in [6.07, 6.45) is 18.2. The molecule has 1 heteroatoms. The second kappa shape index (κ2) is 14.5. The first kappa shape index (κ1) is 25.4. The molecule has 152 valence electrons. The fourth-order valence-corrected chi connectivity index (χ4v) is 8.77. The molecule has 0 unspecified atom stereocenters. The van der Waals surface area contributed by atoms with Crippen LogP contribution in [0.4, 0.5) is 0 Å². The van der Waals surface area contributed by atoms with Gasteiger partial charge in [0.2, 0.25) is 0 Å². The molecule has 0 amide bonds. The molecule has 0 aromatic heterocycles. The second-order valence-corrected chi connectivity index (χ2v) is 14.9. The van der Waals surface area contributed by atoms with Crippen LogP contribution < -0.4 is 0 Å². The van der Waals surface area contributed by atoms with Crippen LogP contribution >= 0.6 is 7.26 Å². The molecule has 0 saturated carbocycles. The van der Waals surface area contributed by atoms with E-state index < -0.39 is 7.26 Å². The molecule has 0 spiro atoms. The molecule has 0 saturated heterocycles. The van der Waals surface area contributed by atoms with Gasteiger partial charge in [-0.15, -0.1) is 0 Å². The van der Waals surface area contributed by atoms with Crippen molar-refractivity contribution in [2.75, 3.05) is 24.6 Å². The van der Waals surface area contributed by atoms with Gasteiger partial charge < -0.3 is 0 Å². The average Bonchev–Trinajstić information content (AvgIpc) is 2.45. The zero-order valence-corrected chi connectivity index (χ0v) is 20.1. The Kier molecular flexibility index (Phi) is 14.7. The van der Waals surface area contributed by atoms with Crippen molar-refractivity contribution in [2.24, 2.45) is 23.7 Å². The summed E-state index contributed by atoms with van der Waals surface area (Å²) in [4.78, 5) is 0. The van der Waals surface area contributed by atoms with Crippen molar-refractivity contribution >= 4 is 7.26 Å². The lowest BCUT2D eigenvalue weighted by molar-refractivity contribution is 0.559. The van der Waals surface area contributed by atoms with Crippen LogP contribution in [-0.2, 0) is 0 Å². The molecule has 0 N–H and O–H groups in total. The van der Waals surface area contributed by atoms with Crippen LogP contribution in [-0.4, -0.2) is 24.6 Å². The van der Waals surface area contributed by atoms with Crippen LogP contribution in [0.15, 0.2) is 0 Å². The van der Waals surface area contributed by atoms with Crippen LogP contribution in [0, 0.1) is 23.7 Å². The van der Waals surface area contributed by atoms with E-state index in [0.717, 1.165) is 23.7 Å². The van der Waals surface area contributed by atoms with Gasteiger partial charge in [0, 0.05) is 7.26 Å². The summed E-state index contributed by atoms with van der Waals surface area (Å²) in [7, 11) is -0.721. The van der Waals surface area contributed by atoms with Gasteiger partial charge >= 0.3 is 0 Å². The Morgan fingerprint density at radius 2 is 0.600 bits per heavy atom. The Labute approximate surface area is 162 Å². The van der Waals surface area contributed by atoms with E-state index >= 15 is 0 Å². The lowest BCUT2D eigenvalue weighted by atomic mass is 10.1. The monoisotopic (exact) mass is 371 g/mol. The summed E-state index contributed by atoms with van der Waals surface area (Å²) in [5.74, 6) is 3.51. The molecule has 0 aliphatic heterocycles. The summed E-state index contributed by atoms with van der Waals surface area (Å²) in [6, 6.07) is 0. The highest BCUT2D eigenvalue weighted by Crippen LogP contribution is 2.61. The number of hydrogen-bond donors (Lipinski definition) is 0.